The van der Waals surface area contributed by atoms with E-state index < -0.39 is 9.05 Å². The van der Waals surface area contributed by atoms with Crippen molar-refractivity contribution in [3.63, 3.8) is 0 Å². The fourth-order valence-corrected chi connectivity index (χ4v) is 5.72. The molecular formula is C14H23ClN2O3S. The van der Waals surface area contributed by atoms with E-state index in [4.69, 9.17) is 10.7 Å². The van der Waals surface area contributed by atoms with Gasteiger partial charge >= 0.3 is 0 Å². The molecule has 3 fully saturated rings. The molecule has 120 valence electrons. The lowest BCUT2D eigenvalue weighted by Crippen LogP contribution is -2.55. The van der Waals surface area contributed by atoms with Crippen LogP contribution in [0.3, 0.4) is 0 Å². The van der Waals surface area contributed by atoms with Crippen molar-refractivity contribution < 1.29 is 13.2 Å². The maximum atomic E-state index is 12.2. The van der Waals surface area contributed by atoms with E-state index in [-0.39, 0.29) is 23.6 Å². The number of nitrogens with zero attached hydrogens (tertiary/aromatic N) is 2. The molecule has 7 heteroatoms. The highest BCUT2D eigenvalue weighted by Crippen LogP contribution is 2.36. The minimum absolute atomic E-state index is 0.0870. The summed E-state index contributed by atoms with van der Waals surface area (Å²) in [5, 5.41) is 0. The molecule has 0 spiro atoms. The van der Waals surface area contributed by atoms with E-state index >= 15 is 0 Å². The third kappa shape index (κ3) is 3.37. The molecule has 0 radical (unpaired) electrons. The van der Waals surface area contributed by atoms with Gasteiger partial charge in [0.15, 0.2) is 0 Å². The standard InChI is InChI=1S/C14H23ClN2O3S/c1-16-11-3-2-4-12(16)7-13(6-11)17-8-10(5-14(17)18)9-21(15,19)20/h10-13H,2-9H2,1H3/t10?,11-,12+,13?. The van der Waals surface area contributed by atoms with E-state index in [0.717, 1.165) is 12.8 Å². The van der Waals surface area contributed by atoms with Gasteiger partial charge in [-0.15, -0.1) is 0 Å². The Labute approximate surface area is 131 Å². The van der Waals surface area contributed by atoms with Crippen LogP contribution in [0.4, 0.5) is 0 Å². The van der Waals surface area contributed by atoms with Crippen molar-refractivity contribution >= 4 is 25.6 Å². The zero-order valence-electron chi connectivity index (χ0n) is 12.4. The van der Waals surface area contributed by atoms with Crippen molar-refractivity contribution in [2.75, 3.05) is 19.3 Å². The monoisotopic (exact) mass is 334 g/mol. The molecule has 21 heavy (non-hydrogen) atoms. The van der Waals surface area contributed by atoms with Crippen LogP contribution in [0.15, 0.2) is 0 Å². The molecule has 0 aromatic rings. The van der Waals surface area contributed by atoms with Crippen LogP contribution in [0.1, 0.15) is 38.5 Å². The fraction of sp³-hybridized carbons (Fsp3) is 0.929. The number of rotatable bonds is 3. The Morgan fingerprint density at radius 1 is 1.19 bits per heavy atom. The quantitative estimate of drug-likeness (QED) is 0.732. The molecule has 2 bridgehead atoms. The van der Waals surface area contributed by atoms with Gasteiger partial charge in [-0.1, -0.05) is 6.42 Å². The number of carbonyl (C=O) groups is 1. The van der Waals surface area contributed by atoms with Crippen LogP contribution in [0.25, 0.3) is 0 Å². The number of amides is 1. The molecule has 0 saturated carbocycles. The lowest BCUT2D eigenvalue weighted by atomic mass is 9.82. The summed E-state index contributed by atoms with van der Waals surface area (Å²) in [6.07, 6.45) is 6.09. The highest BCUT2D eigenvalue weighted by Gasteiger charge is 2.42. The molecule has 3 heterocycles. The fourth-order valence-electron chi connectivity index (χ4n) is 4.40. The van der Waals surface area contributed by atoms with Gasteiger partial charge in [-0.2, -0.15) is 0 Å². The summed E-state index contributed by atoms with van der Waals surface area (Å²) in [6.45, 7) is 0.554. The van der Waals surface area contributed by atoms with Gasteiger partial charge in [0.05, 0.1) is 5.75 Å². The summed E-state index contributed by atoms with van der Waals surface area (Å²) in [6, 6.07) is 1.43. The van der Waals surface area contributed by atoms with E-state index in [1.807, 2.05) is 4.90 Å². The van der Waals surface area contributed by atoms with Gasteiger partial charge in [-0.05, 0) is 32.7 Å². The maximum absolute atomic E-state index is 12.2. The largest absolute Gasteiger partial charge is 0.339 e. The van der Waals surface area contributed by atoms with Crippen molar-refractivity contribution in [3.05, 3.63) is 0 Å². The van der Waals surface area contributed by atoms with Gasteiger partial charge in [0.25, 0.3) is 0 Å². The summed E-state index contributed by atoms with van der Waals surface area (Å²) < 4.78 is 22.4. The molecule has 3 rings (SSSR count). The first-order valence-electron chi connectivity index (χ1n) is 7.77. The molecule has 0 aromatic heterocycles. The SMILES string of the molecule is CN1[C@@H]2CCC[C@H]1CC(N1CC(CS(=O)(=O)Cl)CC1=O)C2. The predicted molar refractivity (Wildman–Crippen MR) is 81.7 cm³/mol. The Bertz CT molecular complexity index is 510. The Hall–Kier alpha value is -0.330. The normalized spacial score (nSPS) is 38.0. The van der Waals surface area contributed by atoms with Crippen molar-refractivity contribution in [1.82, 2.24) is 9.80 Å². The zero-order chi connectivity index (χ0) is 15.2. The molecular weight excluding hydrogens is 312 g/mol. The van der Waals surface area contributed by atoms with Crippen LogP contribution in [-0.2, 0) is 13.8 Å². The highest BCUT2D eigenvalue weighted by molar-refractivity contribution is 8.13. The average Bonchev–Trinajstić information content (AvgIpc) is 2.67. The van der Waals surface area contributed by atoms with E-state index in [1.54, 1.807) is 0 Å². The first kappa shape index (κ1) is 15.6. The van der Waals surface area contributed by atoms with Crippen LogP contribution < -0.4 is 0 Å². The van der Waals surface area contributed by atoms with Crippen molar-refractivity contribution in [2.45, 2.75) is 56.7 Å². The van der Waals surface area contributed by atoms with E-state index in [9.17, 15) is 13.2 Å². The summed E-state index contributed by atoms with van der Waals surface area (Å²) in [5.41, 5.74) is 0. The molecule has 0 aromatic carbocycles. The molecule has 0 N–H and O–H groups in total. The summed E-state index contributed by atoms with van der Waals surface area (Å²) >= 11 is 0. The van der Waals surface area contributed by atoms with Crippen LogP contribution in [0.2, 0.25) is 0 Å². The number of hydrogen-bond donors (Lipinski definition) is 0. The molecule has 5 nitrogen and oxygen atoms in total. The third-order valence-corrected chi connectivity index (χ3v) is 6.68. The van der Waals surface area contributed by atoms with Crippen molar-refractivity contribution in [1.29, 1.82) is 0 Å². The topological polar surface area (TPSA) is 57.7 Å². The lowest BCUT2D eigenvalue weighted by molar-refractivity contribution is -0.131. The summed E-state index contributed by atoms with van der Waals surface area (Å²) in [5.74, 6) is -0.122. The van der Waals surface area contributed by atoms with Gasteiger partial charge in [0, 0.05) is 47.7 Å². The number of likely N-dealkylation sites (tertiary alicyclic amines) is 1. The third-order valence-electron chi connectivity index (χ3n) is 5.43. The second-order valence-electron chi connectivity index (χ2n) is 6.85. The van der Waals surface area contributed by atoms with Crippen LogP contribution in [0.5, 0.6) is 0 Å². The number of piperidine rings is 2. The van der Waals surface area contributed by atoms with Gasteiger partial charge in [0.2, 0.25) is 15.0 Å². The zero-order valence-corrected chi connectivity index (χ0v) is 13.9. The maximum Gasteiger partial charge on any atom is 0.232 e. The Kier molecular flexibility index (Phi) is 4.23. The Morgan fingerprint density at radius 3 is 2.38 bits per heavy atom. The number of halogens is 1. The second kappa shape index (κ2) is 5.70. The Balaban J connectivity index is 1.66. The highest BCUT2D eigenvalue weighted by atomic mass is 35.7. The van der Waals surface area contributed by atoms with E-state index in [1.165, 1.54) is 19.3 Å². The first-order chi connectivity index (χ1) is 9.83. The van der Waals surface area contributed by atoms with Gasteiger partial charge in [-0.3, -0.25) is 4.79 Å². The molecule has 4 atom stereocenters. The van der Waals surface area contributed by atoms with Crippen LogP contribution in [-0.4, -0.2) is 61.6 Å². The molecule has 3 saturated heterocycles. The van der Waals surface area contributed by atoms with Crippen LogP contribution >= 0.6 is 10.7 Å². The van der Waals surface area contributed by atoms with Gasteiger partial charge in [0.1, 0.15) is 0 Å². The second-order valence-corrected chi connectivity index (χ2v) is 9.67. The van der Waals surface area contributed by atoms with E-state index in [0.29, 0.717) is 25.0 Å². The summed E-state index contributed by atoms with van der Waals surface area (Å²) in [7, 11) is 4.00. The molecule has 2 unspecified atom stereocenters. The predicted octanol–water partition coefficient (Wildman–Crippen LogP) is 1.42. The molecule has 1 amide bonds. The molecule has 0 aliphatic carbocycles. The number of fused-ring (bicyclic) bond motifs is 2. The van der Waals surface area contributed by atoms with E-state index in [2.05, 4.69) is 11.9 Å². The molecule has 3 aliphatic rings. The minimum Gasteiger partial charge on any atom is -0.339 e. The average molecular weight is 335 g/mol. The Morgan fingerprint density at radius 2 is 1.81 bits per heavy atom. The van der Waals surface area contributed by atoms with Crippen LogP contribution in [0, 0.1) is 5.92 Å². The smallest absolute Gasteiger partial charge is 0.232 e. The van der Waals surface area contributed by atoms with Gasteiger partial charge < -0.3 is 9.80 Å². The minimum atomic E-state index is -3.52. The number of carbonyl (C=O) groups excluding carboxylic acids is 1. The van der Waals surface area contributed by atoms with Crippen molar-refractivity contribution in [2.24, 2.45) is 5.92 Å². The summed E-state index contributed by atoms with van der Waals surface area (Å²) in [4.78, 5) is 16.7. The first-order valence-corrected chi connectivity index (χ1v) is 10.2. The molecule has 3 aliphatic heterocycles. The van der Waals surface area contributed by atoms with Gasteiger partial charge in [-0.25, -0.2) is 8.42 Å². The van der Waals surface area contributed by atoms with Crippen molar-refractivity contribution in [3.8, 4) is 0 Å². The number of hydrogen-bond acceptors (Lipinski definition) is 4. The lowest BCUT2D eigenvalue weighted by Gasteiger charge is -2.49.